The highest BCUT2D eigenvalue weighted by molar-refractivity contribution is 6.76. The first-order chi connectivity index (χ1) is 9.94. The van der Waals surface area contributed by atoms with Gasteiger partial charge in [-0.1, -0.05) is 56.4 Å². The fourth-order valence-electron chi connectivity index (χ4n) is 3.01. The summed E-state index contributed by atoms with van der Waals surface area (Å²) in [6.07, 6.45) is 3.79. The van der Waals surface area contributed by atoms with Crippen molar-refractivity contribution in [2.45, 2.75) is 56.8 Å². The third-order valence-electron chi connectivity index (χ3n) is 4.46. The number of benzene rings is 1. The van der Waals surface area contributed by atoms with Crippen LogP contribution in [-0.4, -0.2) is 27.1 Å². The number of carbonyl (C=O) groups excluding carboxylic acids is 1. The zero-order valence-corrected chi connectivity index (χ0v) is 14.7. The number of carbonyl (C=O) groups is 1. The Kier molecular flexibility index (Phi) is 5.39. The third kappa shape index (κ3) is 4.27. The predicted octanol–water partition coefficient (Wildman–Crippen LogP) is 4.42. The van der Waals surface area contributed by atoms with Crippen LogP contribution in [0.3, 0.4) is 0 Å². The van der Waals surface area contributed by atoms with Crippen LogP contribution in [0.4, 0.5) is 0 Å². The van der Waals surface area contributed by atoms with Gasteiger partial charge < -0.3 is 4.74 Å². The summed E-state index contributed by atoms with van der Waals surface area (Å²) in [5, 5.41) is 0. The van der Waals surface area contributed by atoms with Crippen molar-refractivity contribution in [3.63, 3.8) is 0 Å². The van der Waals surface area contributed by atoms with Crippen LogP contribution < -0.4 is 0 Å². The molecule has 0 radical (unpaired) electrons. The van der Waals surface area contributed by atoms with E-state index in [0.717, 1.165) is 37.5 Å². The second-order valence-electron chi connectivity index (χ2n) is 7.44. The van der Waals surface area contributed by atoms with Gasteiger partial charge in [0, 0.05) is 21.1 Å². The van der Waals surface area contributed by atoms with Crippen molar-refractivity contribution in [3.8, 4) is 0 Å². The Morgan fingerprint density at radius 3 is 2.48 bits per heavy atom. The van der Waals surface area contributed by atoms with Crippen molar-refractivity contribution in [2.24, 2.45) is 0 Å². The topological polar surface area (TPSA) is 26.3 Å². The van der Waals surface area contributed by atoms with Gasteiger partial charge in [-0.05, 0) is 24.4 Å². The van der Waals surface area contributed by atoms with Crippen molar-refractivity contribution in [1.29, 1.82) is 0 Å². The van der Waals surface area contributed by atoms with E-state index in [1.54, 1.807) is 0 Å². The van der Waals surface area contributed by atoms with E-state index in [1.165, 1.54) is 0 Å². The van der Waals surface area contributed by atoms with Gasteiger partial charge in [-0.3, -0.25) is 4.79 Å². The first-order valence-electron chi connectivity index (χ1n) is 8.11. The van der Waals surface area contributed by atoms with E-state index in [9.17, 15) is 4.79 Å². The SMILES string of the molecule is C[Si](C)(C)CCOC[C@@]1(c2ccccc2)CCCCC1=O. The average Bonchev–Trinajstić information content (AvgIpc) is 2.45. The van der Waals surface area contributed by atoms with Crippen LogP contribution in [0.15, 0.2) is 30.3 Å². The molecule has 1 aromatic rings. The standard InChI is InChI=1S/C18H28O2Si/c1-21(2,3)14-13-20-15-18(12-8-7-11-17(18)19)16-9-5-4-6-10-16/h4-6,9-10H,7-8,11-15H2,1-3H3/t18-/m1/s1. The van der Waals surface area contributed by atoms with Gasteiger partial charge in [0.25, 0.3) is 0 Å². The lowest BCUT2D eigenvalue weighted by molar-refractivity contribution is -0.129. The van der Waals surface area contributed by atoms with E-state index >= 15 is 0 Å². The van der Waals surface area contributed by atoms with E-state index in [4.69, 9.17) is 4.74 Å². The van der Waals surface area contributed by atoms with Gasteiger partial charge in [0.1, 0.15) is 5.78 Å². The lowest BCUT2D eigenvalue weighted by Crippen LogP contribution is -2.43. The fourth-order valence-corrected chi connectivity index (χ4v) is 3.77. The summed E-state index contributed by atoms with van der Waals surface area (Å²) in [6.45, 7) is 8.41. The molecule has 1 fully saturated rings. The molecule has 2 nitrogen and oxygen atoms in total. The van der Waals surface area contributed by atoms with Gasteiger partial charge in [-0.2, -0.15) is 0 Å². The van der Waals surface area contributed by atoms with Crippen LogP contribution in [0.25, 0.3) is 0 Å². The van der Waals surface area contributed by atoms with Crippen LogP contribution >= 0.6 is 0 Å². The zero-order valence-electron chi connectivity index (χ0n) is 13.7. The first-order valence-corrected chi connectivity index (χ1v) is 11.8. The van der Waals surface area contributed by atoms with Gasteiger partial charge in [0.15, 0.2) is 0 Å². The summed E-state index contributed by atoms with van der Waals surface area (Å²) in [5.74, 6) is 0.368. The molecule has 1 aromatic carbocycles. The highest BCUT2D eigenvalue weighted by atomic mass is 28.3. The Balaban J connectivity index is 2.08. The molecular weight excluding hydrogens is 276 g/mol. The molecule has 0 aliphatic heterocycles. The molecule has 0 spiro atoms. The molecule has 116 valence electrons. The minimum Gasteiger partial charge on any atom is -0.380 e. The molecular formula is C18H28O2Si. The lowest BCUT2D eigenvalue weighted by Gasteiger charge is -2.36. The monoisotopic (exact) mass is 304 g/mol. The molecule has 0 amide bonds. The highest BCUT2D eigenvalue weighted by Gasteiger charge is 2.41. The maximum absolute atomic E-state index is 12.6. The molecule has 0 heterocycles. The summed E-state index contributed by atoms with van der Waals surface area (Å²) < 4.78 is 5.99. The Hall–Kier alpha value is -0.933. The van der Waals surface area contributed by atoms with E-state index in [1.807, 2.05) is 18.2 Å². The number of hydrogen-bond donors (Lipinski definition) is 0. The molecule has 1 aliphatic carbocycles. The van der Waals surface area contributed by atoms with Crippen molar-refractivity contribution >= 4 is 13.9 Å². The Morgan fingerprint density at radius 1 is 1.14 bits per heavy atom. The number of ketones is 1. The van der Waals surface area contributed by atoms with Crippen molar-refractivity contribution in [3.05, 3.63) is 35.9 Å². The van der Waals surface area contributed by atoms with E-state index in [-0.39, 0.29) is 5.41 Å². The van der Waals surface area contributed by atoms with E-state index in [2.05, 4.69) is 31.8 Å². The molecule has 0 N–H and O–H groups in total. The predicted molar refractivity (Wildman–Crippen MR) is 90.6 cm³/mol. The van der Waals surface area contributed by atoms with Crippen LogP contribution in [0.1, 0.15) is 31.2 Å². The average molecular weight is 305 g/mol. The molecule has 1 aliphatic rings. The Bertz CT molecular complexity index is 464. The van der Waals surface area contributed by atoms with Gasteiger partial charge in [-0.25, -0.2) is 0 Å². The van der Waals surface area contributed by atoms with E-state index < -0.39 is 8.07 Å². The first kappa shape index (κ1) is 16.4. The van der Waals surface area contributed by atoms with Gasteiger partial charge in [0.2, 0.25) is 0 Å². The zero-order chi connectivity index (χ0) is 15.3. The highest BCUT2D eigenvalue weighted by Crippen LogP contribution is 2.37. The molecule has 3 heteroatoms. The summed E-state index contributed by atoms with van der Waals surface area (Å²) in [6, 6.07) is 11.4. The van der Waals surface area contributed by atoms with E-state index in [0.29, 0.717) is 18.8 Å². The van der Waals surface area contributed by atoms with Gasteiger partial charge in [0.05, 0.1) is 12.0 Å². The minimum atomic E-state index is -1.07. The van der Waals surface area contributed by atoms with Crippen molar-refractivity contribution in [1.82, 2.24) is 0 Å². The fraction of sp³-hybridized carbons (Fsp3) is 0.611. The maximum atomic E-state index is 12.6. The van der Waals surface area contributed by atoms with Gasteiger partial charge in [-0.15, -0.1) is 0 Å². The number of rotatable bonds is 6. The molecule has 21 heavy (non-hydrogen) atoms. The molecule has 1 saturated carbocycles. The minimum absolute atomic E-state index is 0.368. The number of ether oxygens (including phenoxy) is 1. The molecule has 1 atom stereocenters. The smallest absolute Gasteiger partial charge is 0.145 e. The second-order valence-corrected chi connectivity index (χ2v) is 13.1. The molecule has 0 aromatic heterocycles. The second kappa shape index (κ2) is 6.88. The Morgan fingerprint density at radius 2 is 1.86 bits per heavy atom. The molecule has 0 bridgehead atoms. The number of Topliss-reactive ketones (excluding diaryl/α,β-unsaturated/α-hetero) is 1. The Labute approximate surface area is 129 Å². The van der Waals surface area contributed by atoms with Crippen LogP contribution in [0.2, 0.25) is 25.7 Å². The summed E-state index contributed by atoms with van der Waals surface area (Å²) in [7, 11) is -1.07. The normalized spacial score (nSPS) is 23.3. The van der Waals surface area contributed by atoms with Crippen molar-refractivity contribution in [2.75, 3.05) is 13.2 Å². The number of hydrogen-bond acceptors (Lipinski definition) is 2. The van der Waals surface area contributed by atoms with Crippen molar-refractivity contribution < 1.29 is 9.53 Å². The largest absolute Gasteiger partial charge is 0.380 e. The molecule has 0 unspecified atom stereocenters. The van der Waals surface area contributed by atoms with Crippen LogP contribution in [0.5, 0.6) is 0 Å². The van der Waals surface area contributed by atoms with Crippen LogP contribution in [-0.2, 0) is 14.9 Å². The summed E-state index contributed by atoms with van der Waals surface area (Å²) in [5.41, 5.74) is 0.751. The lowest BCUT2D eigenvalue weighted by atomic mass is 9.69. The quantitative estimate of drug-likeness (QED) is 0.574. The van der Waals surface area contributed by atoms with Gasteiger partial charge >= 0.3 is 0 Å². The van der Waals surface area contributed by atoms with Crippen LogP contribution in [0, 0.1) is 0 Å². The molecule has 2 rings (SSSR count). The third-order valence-corrected chi connectivity index (χ3v) is 6.17. The summed E-state index contributed by atoms with van der Waals surface area (Å²) in [4.78, 5) is 12.6. The molecule has 0 saturated heterocycles. The summed E-state index contributed by atoms with van der Waals surface area (Å²) >= 11 is 0. The maximum Gasteiger partial charge on any atom is 0.145 e.